The summed E-state index contributed by atoms with van der Waals surface area (Å²) >= 11 is 5.62. The quantitative estimate of drug-likeness (QED) is 0.856. The van der Waals surface area contributed by atoms with Crippen molar-refractivity contribution in [3.63, 3.8) is 0 Å². The first-order valence-electron chi connectivity index (χ1n) is 5.51. The smallest absolute Gasteiger partial charge is 0.247 e. The zero-order chi connectivity index (χ0) is 12.3. The minimum atomic E-state index is -3.42. The summed E-state index contributed by atoms with van der Waals surface area (Å²) in [6.07, 6.45) is 5.65. The Labute approximate surface area is 118 Å². The van der Waals surface area contributed by atoms with Gasteiger partial charge in [0.05, 0.1) is 23.2 Å². The fraction of sp³-hybridized carbons (Fsp3) is 0.600. The molecular weight excluding hydrogens is 297 g/mol. The monoisotopic (exact) mass is 311 g/mol. The molecule has 8 heteroatoms. The number of sulfone groups is 1. The van der Waals surface area contributed by atoms with E-state index in [1.54, 1.807) is 0 Å². The summed E-state index contributed by atoms with van der Waals surface area (Å²) < 4.78 is 24.0. The maximum Gasteiger partial charge on any atom is 0.247 e. The minimum Gasteiger partial charge on any atom is -0.313 e. The van der Waals surface area contributed by atoms with E-state index in [2.05, 4.69) is 15.3 Å². The third kappa shape index (κ3) is 4.05. The van der Waals surface area contributed by atoms with Crippen molar-refractivity contribution in [2.24, 2.45) is 0 Å². The van der Waals surface area contributed by atoms with Crippen LogP contribution in [0.25, 0.3) is 0 Å². The lowest BCUT2D eigenvalue weighted by Gasteiger charge is -2.22. The third-order valence-electron chi connectivity index (χ3n) is 2.71. The summed E-state index contributed by atoms with van der Waals surface area (Å²) in [7, 11) is -3.42. The molecule has 1 atom stereocenters. The molecule has 18 heavy (non-hydrogen) atoms. The summed E-state index contributed by atoms with van der Waals surface area (Å²) in [6.45, 7) is 0.877. The van der Waals surface area contributed by atoms with Gasteiger partial charge in [-0.2, -0.15) is 0 Å². The molecule has 0 amide bonds. The molecule has 0 radical (unpaired) electrons. The van der Waals surface area contributed by atoms with Crippen LogP contribution in [0.2, 0.25) is 5.02 Å². The maximum atomic E-state index is 12.0. The molecule has 0 aromatic carbocycles. The van der Waals surface area contributed by atoms with Crippen molar-refractivity contribution in [2.75, 3.05) is 12.3 Å². The number of nitrogens with zero attached hydrogens (tertiary/aromatic N) is 2. The van der Waals surface area contributed by atoms with Crippen molar-refractivity contribution in [1.29, 1.82) is 0 Å². The maximum absolute atomic E-state index is 12.0. The fourth-order valence-corrected chi connectivity index (χ4v) is 3.35. The summed E-state index contributed by atoms with van der Waals surface area (Å²) in [5.74, 6) is 0.0502. The van der Waals surface area contributed by atoms with Gasteiger partial charge in [0.15, 0.2) is 0 Å². The van der Waals surface area contributed by atoms with Gasteiger partial charge in [-0.25, -0.2) is 18.4 Å². The van der Waals surface area contributed by atoms with E-state index in [1.807, 2.05) is 0 Å². The molecule has 1 aromatic heterocycles. The topological polar surface area (TPSA) is 72.0 Å². The van der Waals surface area contributed by atoms with Crippen LogP contribution in [0, 0.1) is 0 Å². The normalized spacial score (nSPS) is 20.2. The Balaban J connectivity index is 0.00000162. The first kappa shape index (κ1) is 15.6. The number of rotatable bonds is 3. The van der Waals surface area contributed by atoms with Crippen LogP contribution in [0.15, 0.2) is 17.6 Å². The predicted molar refractivity (Wildman–Crippen MR) is 72.0 cm³/mol. The van der Waals surface area contributed by atoms with Crippen molar-refractivity contribution in [2.45, 2.75) is 30.5 Å². The summed E-state index contributed by atoms with van der Waals surface area (Å²) in [5, 5.41) is 3.38. The van der Waals surface area contributed by atoms with Gasteiger partial charge < -0.3 is 5.32 Å². The number of hydrogen-bond acceptors (Lipinski definition) is 5. The van der Waals surface area contributed by atoms with Gasteiger partial charge in [0.1, 0.15) is 0 Å². The van der Waals surface area contributed by atoms with E-state index in [-0.39, 0.29) is 29.4 Å². The molecule has 1 unspecified atom stereocenters. The molecule has 1 N–H and O–H groups in total. The molecule has 1 aliphatic rings. The number of hydrogen-bond donors (Lipinski definition) is 1. The van der Waals surface area contributed by atoms with Crippen LogP contribution in [0.3, 0.4) is 0 Å². The molecule has 0 aliphatic carbocycles. The molecular formula is C10H15Cl2N3O2S. The molecule has 0 saturated carbocycles. The summed E-state index contributed by atoms with van der Waals surface area (Å²) in [4.78, 5) is 7.51. The Hall–Kier alpha value is -0.430. The van der Waals surface area contributed by atoms with E-state index in [9.17, 15) is 8.42 Å². The molecule has 2 heterocycles. The van der Waals surface area contributed by atoms with Crippen LogP contribution < -0.4 is 5.32 Å². The second-order valence-electron chi connectivity index (χ2n) is 4.11. The van der Waals surface area contributed by atoms with E-state index >= 15 is 0 Å². The predicted octanol–water partition coefficient (Wildman–Crippen LogP) is 1.47. The van der Waals surface area contributed by atoms with Gasteiger partial charge in [-0.05, 0) is 19.4 Å². The Morgan fingerprint density at radius 2 is 2.00 bits per heavy atom. The highest BCUT2D eigenvalue weighted by molar-refractivity contribution is 7.91. The highest BCUT2D eigenvalue weighted by atomic mass is 35.5. The van der Waals surface area contributed by atoms with E-state index in [0.717, 1.165) is 25.8 Å². The average molecular weight is 312 g/mol. The van der Waals surface area contributed by atoms with Crippen LogP contribution >= 0.6 is 24.0 Å². The molecule has 5 nitrogen and oxygen atoms in total. The van der Waals surface area contributed by atoms with Crippen LogP contribution in [-0.4, -0.2) is 36.7 Å². The average Bonchev–Trinajstić information content (AvgIpc) is 2.30. The van der Waals surface area contributed by atoms with Gasteiger partial charge in [-0.1, -0.05) is 18.0 Å². The van der Waals surface area contributed by atoms with Crippen molar-refractivity contribution >= 4 is 33.8 Å². The Morgan fingerprint density at radius 1 is 1.33 bits per heavy atom. The van der Waals surface area contributed by atoms with Crippen LogP contribution in [0.4, 0.5) is 0 Å². The van der Waals surface area contributed by atoms with Gasteiger partial charge in [0.2, 0.25) is 15.0 Å². The van der Waals surface area contributed by atoms with Gasteiger partial charge in [0.25, 0.3) is 0 Å². The zero-order valence-electron chi connectivity index (χ0n) is 9.67. The number of piperidine rings is 1. The minimum absolute atomic E-state index is 0. The van der Waals surface area contributed by atoms with Crippen LogP contribution in [0.1, 0.15) is 19.3 Å². The van der Waals surface area contributed by atoms with Gasteiger partial charge in [-0.15, -0.1) is 12.4 Å². The number of halogens is 2. The highest BCUT2D eigenvalue weighted by Gasteiger charge is 2.24. The van der Waals surface area contributed by atoms with E-state index in [0.29, 0.717) is 5.02 Å². The van der Waals surface area contributed by atoms with Crippen molar-refractivity contribution in [1.82, 2.24) is 15.3 Å². The first-order valence-corrected chi connectivity index (χ1v) is 7.55. The first-order chi connectivity index (χ1) is 8.08. The molecule has 1 aliphatic heterocycles. The number of nitrogens with one attached hydrogen (secondary N) is 1. The zero-order valence-corrected chi connectivity index (χ0v) is 12.1. The molecule has 1 saturated heterocycles. The number of aromatic nitrogens is 2. The summed E-state index contributed by atoms with van der Waals surface area (Å²) in [6, 6.07) is 0.00743. The molecule has 1 fully saturated rings. The van der Waals surface area contributed by atoms with E-state index in [1.165, 1.54) is 12.4 Å². The van der Waals surface area contributed by atoms with Crippen molar-refractivity contribution in [3.05, 3.63) is 17.4 Å². The molecule has 102 valence electrons. The Kier molecular flexibility index (Phi) is 5.78. The summed E-state index contributed by atoms with van der Waals surface area (Å²) in [5.41, 5.74) is 0. The van der Waals surface area contributed by atoms with Gasteiger partial charge in [-0.3, -0.25) is 0 Å². The molecule has 2 rings (SSSR count). The second-order valence-corrected chi connectivity index (χ2v) is 6.48. The van der Waals surface area contributed by atoms with E-state index < -0.39 is 9.84 Å². The lowest BCUT2D eigenvalue weighted by atomic mass is 10.1. The Morgan fingerprint density at radius 3 is 2.56 bits per heavy atom. The van der Waals surface area contributed by atoms with Crippen molar-refractivity contribution in [3.8, 4) is 0 Å². The molecule has 0 bridgehead atoms. The standard InChI is InChI=1S/C10H14ClN3O2S.ClH/c11-8-5-13-10(14-6-8)17(15,16)7-9-3-1-2-4-12-9;/h5-6,9,12H,1-4,7H2;1H. The lowest BCUT2D eigenvalue weighted by molar-refractivity contribution is 0.423. The molecule has 0 spiro atoms. The second kappa shape index (κ2) is 6.65. The largest absolute Gasteiger partial charge is 0.313 e. The van der Waals surface area contributed by atoms with Crippen LogP contribution in [-0.2, 0) is 9.84 Å². The highest BCUT2D eigenvalue weighted by Crippen LogP contribution is 2.13. The van der Waals surface area contributed by atoms with Gasteiger partial charge >= 0.3 is 0 Å². The third-order valence-corrected chi connectivity index (χ3v) is 4.51. The Bertz CT molecular complexity index is 472. The SMILES string of the molecule is Cl.O=S(=O)(CC1CCCCN1)c1ncc(Cl)cn1. The fourth-order valence-electron chi connectivity index (χ4n) is 1.87. The van der Waals surface area contributed by atoms with Crippen molar-refractivity contribution < 1.29 is 8.42 Å². The molecule has 1 aromatic rings. The van der Waals surface area contributed by atoms with E-state index in [4.69, 9.17) is 11.6 Å². The van der Waals surface area contributed by atoms with Gasteiger partial charge in [0, 0.05) is 6.04 Å². The van der Waals surface area contributed by atoms with Crippen LogP contribution in [0.5, 0.6) is 0 Å². The lowest BCUT2D eigenvalue weighted by Crippen LogP contribution is -2.39.